The van der Waals surface area contributed by atoms with E-state index in [1.165, 1.54) is 0 Å². The van der Waals surface area contributed by atoms with Crippen LogP contribution in [0, 0.1) is 20.8 Å². The molecule has 0 amide bonds. The lowest BCUT2D eigenvalue weighted by atomic mass is 10.1. The Labute approximate surface area is 146 Å². The van der Waals surface area contributed by atoms with Crippen molar-refractivity contribution < 1.29 is 0 Å². The first kappa shape index (κ1) is 15.3. The van der Waals surface area contributed by atoms with Crippen molar-refractivity contribution >= 4 is 22.7 Å². The fraction of sp³-hybridized carbons (Fsp3) is 0.150. The Morgan fingerprint density at radius 3 is 2.52 bits per heavy atom. The second-order valence-electron chi connectivity index (χ2n) is 6.34. The Morgan fingerprint density at radius 2 is 1.72 bits per heavy atom. The van der Waals surface area contributed by atoms with Gasteiger partial charge in [0.25, 0.3) is 0 Å². The zero-order valence-electron chi connectivity index (χ0n) is 14.5. The highest BCUT2D eigenvalue weighted by molar-refractivity contribution is 5.78. The molecule has 25 heavy (non-hydrogen) atoms. The molecule has 0 spiro atoms. The monoisotopic (exact) mass is 329 g/mol. The van der Waals surface area contributed by atoms with Crippen LogP contribution in [0.15, 0.2) is 48.8 Å². The number of aromatic amines is 1. The molecule has 4 aromatic rings. The molecule has 1 aromatic carbocycles. The van der Waals surface area contributed by atoms with Gasteiger partial charge in [0, 0.05) is 23.6 Å². The molecule has 0 aliphatic heterocycles. The molecule has 0 saturated heterocycles. The molecular weight excluding hydrogens is 310 g/mol. The third-order valence-electron chi connectivity index (χ3n) is 4.15. The maximum absolute atomic E-state index is 4.63. The van der Waals surface area contributed by atoms with Gasteiger partial charge in [0.2, 0.25) is 0 Å². The normalized spacial score (nSPS) is 11.0. The Balaban J connectivity index is 1.72. The molecule has 5 nitrogen and oxygen atoms in total. The van der Waals surface area contributed by atoms with Crippen molar-refractivity contribution in [1.82, 2.24) is 19.9 Å². The van der Waals surface area contributed by atoms with Crippen molar-refractivity contribution in [2.75, 3.05) is 5.32 Å². The number of aromatic nitrogens is 4. The van der Waals surface area contributed by atoms with Crippen LogP contribution in [0.25, 0.3) is 22.6 Å². The van der Waals surface area contributed by atoms with Crippen molar-refractivity contribution in [1.29, 1.82) is 0 Å². The number of fused-ring (bicyclic) bond motifs is 1. The maximum atomic E-state index is 4.63. The highest BCUT2D eigenvalue weighted by atomic mass is 15.0. The second-order valence-corrected chi connectivity index (χ2v) is 6.34. The molecule has 3 heterocycles. The van der Waals surface area contributed by atoms with Gasteiger partial charge in [-0.05, 0) is 61.7 Å². The molecule has 0 aliphatic rings. The van der Waals surface area contributed by atoms with E-state index in [2.05, 4.69) is 50.4 Å². The lowest BCUT2D eigenvalue weighted by Crippen LogP contribution is -1.95. The van der Waals surface area contributed by atoms with Crippen LogP contribution in [0.3, 0.4) is 0 Å². The smallest absolute Gasteiger partial charge is 0.178 e. The predicted octanol–water partition coefficient (Wildman–Crippen LogP) is 4.69. The molecule has 0 aliphatic carbocycles. The maximum Gasteiger partial charge on any atom is 0.178 e. The standard InChI is InChI=1S/C20H19N5/c1-12-4-7-18(21-10-12)23-15-6-5-14(3)16(9-15)19-24-17-8-13(2)11-22-20(17)25-19/h4-11H,1-3H3,(H,21,23)(H,22,24,25). The van der Waals surface area contributed by atoms with E-state index in [9.17, 15) is 0 Å². The van der Waals surface area contributed by atoms with Crippen LogP contribution in [-0.4, -0.2) is 19.9 Å². The van der Waals surface area contributed by atoms with Gasteiger partial charge in [0.1, 0.15) is 11.6 Å². The molecular formula is C20H19N5. The van der Waals surface area contributed by atoms with Gasteiger partial charge in [-0.15, -0.1) is 0 Å². The first-order valence-electron chi connectivity index (χ1n) is 8.21. The summed E-state index contributed by atoms with van der Waals surface area (Å²) < 4.78 is 0. The zero-order valence-corrected chi connectivity index (χ0v) is 14.5. The van der Waals surface area contributed by atoms with Gasteiger partial charge in [0.05, 0.1) is 5.52 Å². The summed E-state index contributed by atoms with van der Waals surface area (Å²) in [4.78, 5) is 16.8. The van der Waals surface area contributed by atoms with Crippen LogP contribution in [0.1, 0.15) is 16.7 Å². The summed E-state index contributed by atoms with van der Waals surface area (Å²) in [6.45, 7) is 6.13. The summed E-state index contributed by atoms with van der Waals surface area (Å²) in [6, 6.07) is 12.3. The van der Waals surface area contributed by atoms with Crippen LogP contribution in [-0.2, 0) is 0 Å². The average Bonchev–Trinajstić information content (AvgIpc) is 3.01. The molecule has 5 heteroatoms. The summed E-state index contributed by atoms with van der Waals surface area (Å²) in [5.41, 5.74) is 7.11. The molecule has 4 rings (SSSR count). The lowest BCUT2D eigenvalue weighted by molar-refractivity contribution is 1.25. The predicted molar refractivity (Wildman–Crippen MR) is 101 cm³/mol. The molecule has 0 atom stereocenters. The number of imidazole rings is 1. The van der Waals surface area contributed by atoms with E-state index < -0.39 is 0 Å². The molecule has 0 radical (unpaired) electrons. The number of hydrogen-bond donors (Lipinski definition) is 2. The molecule has 2 N–H and O–H groups in total. The van der Waals surface area contributed by atoms with Crippen molar-refractivity contribution in [3.63, 3.8) is 0 Å². The van der Waals surface area contributed by atoms with E-state index >= 15 is 0 Å². The van der Waals surface area contributed by atoms with Gasteiger partial charge in [-0.3, -0.25) is 0 Å². The molecule has 0 unspecified atom stereocenters. The van der Waals surface area contributed by atoms with Crippen LogP contribution in [0.4, 0.5) is 11.5 Å². The van der Waals surface area contributed by atoms with E-state index in [0.29, 0.717) is 0 Å². The minimum Gasteiger partial charge on any atom is -0.340 e. The van der Waals surface area contributed by atoms with E-state index in [0.717, 1.165) is 50.7 Å². The minimum atomic E-state index is 0.735. The minimum absolute atomic E-state index is 0.735. The number of H-pyrrole nitrogens is 1. The zero-order chi connectivity index (χ0) is 17.4. The molecule has 124 valence electrons. The largest absolute Gasteiger partial charge is 0.340 e. The molecule has 0 fully saturated rings. The van der Waals surface area contributed by atoms with E-state index in [4.69, 9.17) is 0 Å². The first-order valence-corrected chi connectivity index (χ1v) is 8.21. The summed E-state index contributed by atoms with van der Waals surface area (Å²) in [7, 11) is 0. The van der Waals surface area contributed by atoms with Gasteiger partial charge >= 0.3 is 0 Å². The van der Waals surface area contributed by atoms with Crippen LogP contribution in [0.2, 0.25) is 0 Å². The van der Waals surface area contributed by atoms with Crippen molar-refractivity contribution in [2.24, 2.45) is 0 Å². The number of anilines is 2. The highest BCUT2D eigenvalue weighted by Crippen LogP contribution is 2.27. The fourth-order valence-corrected chi connectivity index (χ4v) is 2.78. The Morgan fingerprint density at radius 1 is 0.880 bits per heavy atom. The Bertz CT molecular complexity index is 1050. The number of rotatable bonds is 3. The average molecular weight is 329 g/mol. The van der Waals surface area contributed by atoms with Crippen LogP contribution >= 0.6 is 0 Å². The second kappa shape index (κ2) is 6.02. The summed E-state index contributed by atoms with van der Waals surface area (Å²) in [5, 5.41) is 3.34. The van der Waals surface area contributed by atoms with Crippen LogP contribution < -0.4 is 5.32 Å². The van der Waals surface area contributed by atoms with Crippen molar-refractivity contribution in [3.8, 4) is 11.4 Å². The number of pyridine rings is 2. The molecule has 3 aromatic heterocycles. The SMILES string of the molecule is Cc1ccc(Nc2ccc(C)c(-c3nc4ncc(C)cc4[nH]3)c2)nc1. The van der Waals surface area contributed by atoms with Crippen LogP contribution in [0.5, 0.6) is 0 Å². The van der Waals surface area contributed by atoms with Gasteiger partial charge in [-0.25, -0.2) is 15.0 Å². The Hall–Kier alpha value is -3.21. The number of aryl methyl sites for hydroxylation is 3. The Kier molecular flexibility index (Phi) is 3.69. The summed E-state index contributed by atoms with van der Waals surface area (Å²) in [6.07, 6.45) is 3.69. The number of benzene rings is 1. The van der Waals surface area contributed by atoms with Gasteiger partial charge in [-0.1, -0.05) is 12.1 Å². The van der Waals surface area contributed by atoms with E-state index in [1.807, 2.05) is 44.4 Å². The van der Waals surface area contributed by atoms with Gasteiger partial charge < -0.3 is 10.3 Å². The number of hydrogen-bond acceptors (Lipinski definition) is 4. The molecule has 0 saturated carbocycles. The third-order valence-corrected chi connectivity index (χ3v) is 4.15. The van der Waals surface area contributed by atoms with E-state index in [1.54, 1.807) is 0 Å². The lowest BCUT2D eigenvalue weighted by Gasteiger charge is -2.09. The van der Waals surface area contributed by atoms with Crippen molar-refractivity contribution in [2.45, 2.75) is 20.8 Å². The topological polar surface area (TPSA) is 66.5 Å². The fourth-order valence-electron chi connectivity index (χ4n) is 2.78. The van der Waals surface area contributed by atoms with E-state index in [-0.39, 0.29) is 0 Å². The molecule has 0 bridgehead atoms. The summed E-state index contributed by atoms with van der Waals surface area (Å²) >= 11 is 0. The van der Waals surface area contributed by atoms with Gasteiger partial charge in [0.15, 0.2) is 5.65 Å². The quantitative estimate of drug-likeness (QED) is 0.572. The third kappa shape index (κ3) is 3.08. The number of nitrogens with zero attached hydrogens (tertiary/aromatic N) is 3. The number of nitrogens with one attached hydrogen (secondary N) is 2. The highest BCUT2D eigenvalue weighted by Gasteiger charge is 2.10. The first-order chi connectivity index (χ1) is 12.1. The van der Waals surface area contributed by atoms with Crippen molar-refractivity contribution in [3.05, 3.63) is 65.5 Å². The summed E-state index contributed by atoms with van der Waals surface area (Å²) in [5.74, 6) is 1.65. The van der Waals surface area contributed by atoms with Gasteiger partial charge in [-0.2, -0.15) is 0 Å².